The molecule has 0 unspecified atom stereocenters. The zero-order chi connectivity index (χ0) is 14.1. The summed E-state index contributed by atoms with van der Waals surface area (Å²) in [7, 11) is 0. The minimum absolute atomic E-state index is 0.00613. The van der Waals surface area contributed by atoms with Gasteiger partial charge in [-0.3, -0.25) is 4.79 Å². The highest BCUT2D eigenvalue weighted by atomic mass is 16.5. The Hall–Kier alpha value is -0.610. The van der Waals surface area contributed by atoms with Gasteiger partial charge in [-0.25, -0.2) is 0 Å². The molecule has 1 amide bonds. The number of carbonyl (C=O) groups excluding carboxylic acids is 1. The van der Waals surface area contributed by atoms with E-state index < -0.39 is 0 Å². The number of carbonyl (C=O) groups is 1. The lowest BCUT2D eigenvalue weighted by Crippen LogP contribution is -2.44. The lowest BCUT2D eigenvalue weighted by Gasteiger charge is -2.30. The van der Waals surface area contributed by atoms with Crippen LogP contribution in [-0.2, 0) is 9.53 Å². The highest BCUT2D eigenvalue weighted by Crippen LogP contribution is 2.19. The first-order valence-electron chi connectivity index (χ1n) is 7.79. The second kappa shape index (κ2) is 8.54. The summed E-state index contributed by atoms with van der Waals surface area (Å²) >= 11 is 0. The Morgan fingerprint density at radius 3 is 2.26 bits per heavy atom. The molecule has 1 aliphatic carbocycles. The Morgan fingerprint density at radius 1 is 1.21 bits per heavy atom. The molecule has 112 valence electrons. The van der Waals surface area contributed by atoms with Crippen LogP contribution in [0.3, 0.4) is 0 Å². The van der Waals surface area contributed by atoms with Gasteiger partial charge in [0.2, 0.25) is 5.91 Å². The summed E-state index contributed by atoms with van der Waals surface area (Å²) in [6.07, 6.45) is 8.94. The van der Waals surface area contributed by atoms with Crippen LogP contribution < -0.4 is 11.1 Å². The highest BCUT2D eigenvalue weighted by Gasteiger charge is 2.26. The summed E-state index contributed by atoms with van der Waals surface area (Å²) in [5, 5.41) is 3.10. The predicted octanol–water partition coefficient (Wildman–Crippen LogP) is 2.36. The van der Waals surface area contributed by atoms with Crippen molar-refractivity contribution in [1.29, 1.82) is 0 Å². The summed E-state index contributed by atoms with van der Waals surface area (Å²) in [5.41, 5.74) is 5.43. The van der Waals surface area contributed by atoms with E-state index in [1.165, 1.54) is 25.7 Å². The molecule has 0 atom stereocenters. The normalized spacial score (nSPS) is 18.1. The van der Waals surface area contributed by atoms with Crippen molar-refractivity contribution >= 4 is 5.91 Å². The minimum Gasteiger partial charge on any atom is -0.364 e. The number of hydrogen-bond acceptors (Lipinski definition) is 3. The molecule has 1 rings (SSSR count). The van der Waals surface area contributed by atoms with Crippen molar-refractivity contribution in [2.75, 3.05) is 13.2 Å². The van der Waals surface area contributed by atoms with Crippen molar-refractivity contribution < 1.29 is 9.53 Å². The van der Waals surface area contributed by atoms with E-state index in [0.717, 1.165) is 25.7 Å². The quantitative estimate of drug-likeness (QED) is 0.698. The maximum Gasteiger partial charge on any atom is 0.246 e. The molecule has 0 aromatic rings. The zero-order valence-corrected chi connectivity index (χ0v) is 12.5. The number of nitrogens with two attached hydrogens (primary N) is 1. The molecule has 0 bridgehead atoms. The van der Waals surface area contributed by atoms with E-state index in [9.17, 15) is 4.79 Å². The SMILES string of the molecule is CCC(CC)(CN)OCC(=O)NC1CCCCCC1. The molecule has 0 saturated heterocycles. The lowest BCUT2D eigenvalue weighted by atomic mass is 9.97. The van der Waals surface area contributed by atoms with Crippen LogP contribution >= 0.6 is 0 Å². The Labute approximate surface area is 117 Å². The third-order valence-electron chi connectivity index (χ3n) is 4.39. The number of hydrogen-bond donors (Lipinski definition) is 2. The van der Waals surface area contributed by atoms with Crippen LogP contribution in [0.5, 0.6) is 0 Å². The first kappa shape index (κ1) is 16.4. The molecule has 4 heteroatoms. The fraction of sp³-hybridized carbons (Fsp3) is 0.933. The molecule has 3 N–H and O–H groups in total. The van der Waals surface area contributed by atoms with Gasteiger partial charge in [0.15, 0.2) is 0 Å². The summed E-state index contributed by atoms with van der Waals surface area (Å²) in [5.74, 6) is 0.00613. The van der Waals surface area contributed by atoms with Crippen LogP contribution in [0.15, 0.2) is 0 Å². The molecule has 0 aromatic carbocycles. The van der Waals surface area contributed by atoms with Gasteiger partial charge in [-0.15, -0.1) is 0 Å². The Morgan fingerprint density at radius 2 is 1.79 bits per heavy atom. The van der Waals surface area contributed by atoms with Crippen molar-refractivity contribution in [1.82, 2.24) is 5.32 Å². The van der Waals surface area contributed by atoms with Crippen molar-refractivity contribution in [2.24, 2.45) is 5.73 Å². The van der Waals surface area contributed by atoms with Gasteiger partial charge in [-0.2, -0.15) is 0 Å². The molecular weight excluding hydrogens is 240 g/mol. The van der Waals surface area contributed by atoms with E-state index in [-0.39, 0.29) is 18.1 Å². The van der Waals surface area contributed by atoms with Crippen LogP contribution in [0.2, 0.25) is 0 Å². The third kappa shape index (κ3) is 5.49. The van der Waals surface area contributed by atoms with E-state index >= 15 is 0 Å². The van der Waals surface area contributed by atoms with Gasteiger partial charge in [0, 0.05) is 12.6 Å². The highest BCUT2D eigenvalue weighted by molar-refractivity contribution is 5.77. The Bertz CT molecular complexity index is 249. The molecular formula is C15H30N2O2. The van der Waals surface area contributed by atoms with E-state index in [1.54, 1.807) is 0 Å². The van der Waals surface area contributed by atoms with Gasteiger partial charge in [-0.1, -0.05) is 39.5 Å². The molecule has 0 aromatic heterocycles. The number of ether oxygens (including phenoxy) is 1. The summed E-state index contributed by atoms with van der Waals surface area (Å²) < 4.78 is 5.77. The van der Waals surface area contributed by atoms with E-state index in [4.69, 9.17) is 10.5 Å². The fourth-order valence-corrected chi connectivity index (χ4v) is 2.71. The molecule has 1 fully saturated rings. The molecule has 4 nitrogen and oxygen atoms in total. The van der Waals surface area contributed by atoms with E-state index in [0.29, 0.717) is 12.6 Å². The maximum absolute atomic E-state index is 11.9. The van der Waals surface area contributed by atoms with Crippen molar-refractivity contribution in [2.45, 2.75) is 76.9 Å². The molecule has 19 heavy (non-hydrogen) atoms. The van der Waals surface area contributed by atoms with Gasteiger partial charge >= 0.3 is 0 Å². The van der Waals surface area contributed by atoms with Crippen LogP contribution in [0.25, 0.3) is 0 Å². The number of nitrogens with one attached hydrogen (secondary N) is 1. The summed E-state index contributed by atoms with van der Waals surface area (Å²) in [6.45, 7) is 4.71. The zero-order valence-electron chi connectivity index (χ0n) is 12.5. The maximum atomic E-state index is 11.9. The van der Waals surface area contributed by atoms with Crippen molar-refractivity contribution in [3.8, 4) is 0 Å². The molecule has 1 saturated carbocycles. The first-order chi connectivity index (χ1) is 9.15. The van der Waals surface area contributed by atoms with Gasteiger partial charge in [0.25, 0.3) is 0 Å². The van der Waals surface area contributed by atoms with Crippen molar-refractivity contribution in [3.05, 3.63) is 0 Å². The smallest absolute Gasteiger partial charge is 0.246 e. The topological polar surface area (TPSA) is 64.3 Å². The monoisotopic (exact) mass is 270 g/mol. The average Bonchev–Trinajstić information content (AvgIpc) is 2.70. The molecule has 0 radical (unpaired) electrons. The number of amides is 1. The van der Waals surface area contributed by atoms with Crippen LogP contribution in [0.4, 0.5) is 0 Å². The second-order valence-corrected chi connectivity index (χ2v) is 5.64. The van der Waals surface area contributed by atoms with E-state index in [1.807, 2.05) is 0 Å². The molecule has 0 heterocycles. The number of rotatable bonds is 7. The van der Waals surface area contributed by atoms with Gasteiger partial charge in [0.05, 0.1) is 5.60 Å². The Kier molecular flexibility index (Phi) is 7.39. The van der Waals surface area contributed by atoms with Crippen LogP contribution in [0, 0.1) is 0 Å². The third-order valence-corrected chi connectivity index (χ3v) is 4.39. The average molecular weight is 270 g/mol. The van der Waals surface area contributed by atoms with Crippen molar-refractivity contribution in [3.63, 3.8) is 0 Å². The minimum atomic E-state index is -0.333. The fourth-order valence-electron chi connectivity index (χ4n) is 2.71. The van der Waals surface area contributed by atoms with E-state index in [2.05, 4.69) is 19.2 Å². The second-order valence-electron chi connectivity index (χ2n) is 5.64. The first-order valence-corrected chi connectivity index (χ1v) is 7.79. The Balaban J connectivity index is 2.33. The van der Waals surface area contributed by atoms with Gasteiger partial charge in [0.1, 0.15) is 6.61 Å². The lowest BCUT2D eigenvalue weighted by molar-refractivity contribution is -0.134. The summed E-state index contributed by atoms with van der Waals surface area (Å²) in [6, 6.07) is 0.342. The largest absolute Gasteiger partial charge is 0.364 e. The predicted molar refractivity (Wildman–Crippen MR) is 78.0 cm³/mol. The van der Waals surface area contributed by atoms with Crippen LogP contribution in [0.1, 0.15) is 65.2 Å². The van der Waals surface area contributed by atoms with Gasteiger partial charge in [-0.05, 0) is 25.7 Å². The van der Waals surface area contributed by atoms with Gasteiger partial charge < -0.3 is 15.8 Å². The molecule has 1 aliphatic rings. The molecule has 0 aliphatic heterocycles. The summed E-state index contributed by atoms with van der Waals surface area (Å²) in [4.78, 5) is 11.9. The van der Waals surface area contributed by atoms with Crippen LogP contribution in [-0.4, -0.2) is 30.7 Å². The standard InChI is InChI=1S/C15H30N2O2/c1-3-15(4-2,12-16)19-11-14(18)17-13-9-7-5-6-8-10-13/h13H,3-12,16H2,1-2H3,(H,17,18). The molecule has 0 spiro atoms.